The summed E-state index contributed by atoms with van der Waals surface area (Å²) in [4.78, 5) is 16.2. The number of cyclic esters (lactones) is 1. The summed E-state index contributed by atoms with van der Waals surface area (Å²) in [6.45, 7) is 0.476. The van der Waals surface area contributed by atoms with Gasteiger partial charge in [0.2, 0.25) is 0 Å². The van der Waals surface area contributed by atoms with Gasteiger partial charge in [-0.15, -0.1) is 0 Å². The second kappa shape index (κ2) is 7.11. The Kier molecular flexibility index (Phi) is 4.35. The zero-order valence-corrected chi connectivity index (χ0v) is 13.8. The largest absolute Gasteiger partial charge is 0.489 e. The summed E-state index contributed by atoms with van der Waals surface area (Å²) >= 11 is 0. The monoisotopic (exact) mass is 345 g/mol. The van der Waals surface area contributed by atoms with Gasteiger partial charge in [0.05, 0.1) is 6.26 Å². The molecule has 2 heterocycles. The Hall–Kier alpha value is -3.60. The highest BCUT2D eigenvalue weighted by Gasteiger charge is 2.25. The molecule has 128 valence electrons. The van der Waals surface area contributed by atoms with Crippen LogP contribution in [0.15, 0.2) is 88.1 Å². The first-order valence-corrected chi connectivity index (χ1v) is 8.11. The highest BCUT2D eigenvalue weighted by atomic mass is 16.6. The molecule has 0 atom stereocenters. The zero-order chi connectivity index (χ0) is 17.8. The molecule has 0 aliphatic carbocycles. The van der Waals surface area contributed by atoms with E-state index in [9.17, 15) is 4.79 Å². The minimum Gasteiger partial charge on any atom is -0.489 e. The molecule has 0 amide bonds. The number of benzene rings is 2. The van der Waals surface area contributed by atoms with Crippen LogP contribution in [0.3, 0.4) is 0 Å². The lowest BCUT2D eigenvalue weighted by Crippen LogP contribution is -2.04. The normalized spacial score (nSPS) is 15.0. The quantitative estimate of drug-likeness (QED) is 0.513. The van der Waals surface area contributed by atoms with Gasteiger partial charge in [0.15, 0.2) is 11.5 Å². The van der Waals surface area contributed by atoms with E-state index in [2.05, 4.69) is 4.99 Å². The third-order valence-electron chi connectivity index (χ3n) is 3.76. The molecule has 0 fully saturated rings. The van der Waals surface area contributed by atoms with Crippen molar-refractivity contribution in [1.82, 2.24) is 0 Å². The second-order valence-corrected chi connectivity index (χ2v) is 5.66. The van der Waals surface area contributed by atoms with Gasteiger partial charge in [-0.1, -0.05) is 42.5 Å². The summed E-state index contributed by atoms with van der Waals surface area (Å²) in [5.74, 6) is 0.793. The number of hydrogen-bond acceptors (Lipinski definition) is 5. The average Bonchev–Trinajstić information content (AvgIpc) is 3.32. The van der Waals surface area contributed by atoms with E-state index in [1.807, 2.05) is 54.6 Å². The molecule has 1 aliphatic rings. The maximum atomic E-state index is 12.0. The molecule has 5 heteroatoms. The van der Waals surface area contributed by atoms with Crippen LogP contribution in [0.25, 0.3) is 6.08 Å². The molecule has 0 N–H and O–H groups in total. The van der Waals surface area contributed by atoms with Crippen molar-refractivity contribution in [3.05, 3.63) is 95.6 Å². The summed E-state index contributed by atoms with van der Waals surface area (Å²) in [6.07, 6.45) is 3.16. The molecular formula is C21H15NO4. The van der Waals surface area contributed by atoms with E-state index in [1.54, 1.807) is 18.2 Å². The fourth-order valence-corrected chi connectivity index (χ4v) is 2.51. The highest BCUT2D eigenvalue weighted by Crippen LogP contribution is 2.22. The molecule has 0 saturated carbocycles. The van der Waals surface area contributed by atoms with Crippen LogP contribution in [-0.4, -0.2) is 11.9 Å². The molecular weight excluding hydrogens is 330 g/mol. The lowest BCUT2D eigenvalue weighted by atomic mass is 10.2. The first-order chi connectivity index (χ1) is 12.8. The van der Waals surface area contributed by atoms with Gasteiger partial charge in [0.1, 0.15) is 12.4 Å². The Morgan fingerprint density at radius 3 is 2.69 bits per heavy atom. The number of rotatable bonds is 5. The first-order valence-electron chi connectivity index (χ1n) is 8.11. The first kappa shape index (κ1) is 15.9. The van der Waals surface area contributed by atoms with Crippen molar-refractivity contribution in [3.8, 4) is 5.75 Å². The van der Waals surface area contributed by atoms with E-state index in [4.69, 9.17) is 13.9 Å². The fraction of sp³-hybridized carbons (Fsp3) is 0.0476. The molecule has 2 aromatic carbocycles. The van der Waals surface area contributed by atoms with Gasteiger partial charge in [-0.3, -0.25) is 0 Å². The van der Waals surface area contributed by atoms with Crippen molar-refractivity contribution in [2.75, 3.05) is 0 Å². The van der Waals surface area contributed by atoms with E-state index in [1.165, 1.54) is 6.26 Å². The molecule has 0 spiro atoms. The van der Waals surface area contributed by atoms with Crippen LogP contribution in [0.2, 0.25) is 0 Å². The Balaban J connectivity index is 1.51. The Morgan fingerprint density at radius 2 is 1.88 bits per heavy atom. The predicted molar refractivity (Wildman–Crippen MR) is 96.5 cm³/mol. The van der Waals surface area contributed by atoms with Gasteiger partial charge in [0, 0.05) is 0 Å². The molecule has 5 nitrogen and oxygen atoms in total. The Labute approximate surface area is 150 Å². The Morgan fingerprint density at radius 1 is 1.00 bits per heavy atom. The minimum atomic E-state index is -0.507. The maximum absolute atomic E-state index is 12.0. The van der Waals surface area contributed by atoms with E-state index >= 15 is 0 Å². The molecule has 26 heavy (non-hydrogen) atoms. The maximum Gasteiger partial charge on any atom is 0.363 e. The van der Waals surface area contributed by atoms with Crippen LogP contribution in [0.4, 0.5) is 0 Å². The summed E-state index contributed by atoms with van der Waals surface area (Å²) in [7, 11) is 0. The van der Waals surface area contributed by atoms with Gasteiger partial charge in [-0.25, -0.2) is 9.79 Å². The number of nitrogens with zero attached hydrogens (tertiary/aromatic N) is 1. The van der Waals surface area contributed by atoms with Gasteiger partial charge in [0.25, 0.3) is 5.90 Å². The summed E-state index contributed by atoms with van der Waals surface area (Å²) < 4.78 is 16.2. The van der Waals surface area contributed by atoms with Crippen LogP contribution >= 0.6 is 0 Å². The van der Waals surface area contributed by atoms with Crippen molar-refractivity contribution in [3.63, 3.8) is 0 Å². The average molecular weight is 345 g/mol. The van der Waals surface area contributed by atoms with Crippen molar-refractivity contribution in [2.24, 2.45) is 4.99 Å². The van der Waals surface area contributed by atoms with E-state index < -0.39 is 5.97 Å². The van der Waals surface area contributed by atoms with Gasteiger partial charge in [-0.05, 0) is 41.5 Å². The van der Waals surface area contributed by atoms with Gasteiger partial charge in [-0.2, -0.15) is 0 Å². The van der Waals surface area contributed by atoms with Crippen molar-refractivity contribution < 1.29 is 18.7 Å². The molecule has 1 aliphatic heterocycles. The van der Waals surface area contributed by atoms with Crippen LogP contribution < -0.4 is 4.74 Å². The lowest BCUT2D eigenvalue weighted by Gasteiger charge is -2.07. The van der Waals surface area contributed by atoms with Crippen molar-refractivity contribution in [1.29, 1.82) is 0 Å². The molecule has 4 rings (SSSR count). The minimum absolute atomic E-state index is 0.169. The fourth-order valence-electron chi connectivity index (χ4n) is 2.51. The number of hydrogen-bond donors (Lipinski definition) is 0. The molecule has 0 unspecified atom stereocenters. The molecule has 0 bridgehead atoms. The van der Waals surface area contributed by atoms with Crippen LogP contribution in [0.1, 0.15) is 16.9 Å². The molecule has 3 aromatic rings. The number of furan rings is 1. The Bertz CT molecular complexity index is 972. The zero-order valence-electron chi connectivity index (χ0n) is 13.8. The van der Waals surface area contributed by atoms with Crippen molar-refractivity contribution >= 4 is 17.9 Å². The number of aliphatic imine (C=N–C) groups is 1. The van der Waals surface area contributed by atoms with Crippen LogP contribution in [0, 0.1) is 0 Å². The molecule has 0 radical (unpaired) electrons. The SMILES string of the molecule is O=C1OC(c2ccco2)=N/C1=C/c1cccc(OCc2ccccc2)c1. The molecule has 1 aromatic heterocycles. The topological polar surface area (TPSA) is 61.0 Å². The number of carbonyl (C=O) groups excluding carboxylic acids is 1. The number of esters is 1. The standard InChI is InChI=1S/C21H15NO4/c23-21-18(22-20(26-21)19-10-5-11-24-19)13-16-8-4-9-17(12-16)25-14-15-6-2-1-3-7-15/h1-13H,14H2/b18-13+. The van der Waals surface area contributed by atoms with Crippen LogP contribution in [-0.2, 0) is 16.1 Å². The lowest BCUT2D eigenvalue weighted by molar-refractivity contribution is -0.130. The third-order valence-corrected chi connectivity index (χ3v) is 3.76. The van der Waals surface area contributed by atoms with E-state index in [-0.39, 0.29) is 11.6 Å². The third kappa shape index (κ3) is 3.57. The van der Waals surface area contributed by atoms with E-state index in [0.717, 1.165) is 11.1 Å². The predicted octanol–water partition coefficient (Wildman–Crippen LogP) is 4.20. The van der Waals surface area contributed by atoms with Gasteiger partial charge >= 0.3 is 5.97 Å². The highest BCUT2D eigenvalue weighted by molar-refractivity contribution is 6.11. The van der Waals surface area contributed by atoms with Crippen molar-refractivity contribution in [2.45, 2.75) is 6.61 Å². The summed E-state index contributed by atoms with van der Waals surface area (Å²) in [5.41, 5.74) is 2.10. The number of ether oxygens (including phenoxy) is 2. The smallest absolute Gasteiger partial charge is 0.363 e. The van der Waals surface area contributed by atoms with E-state index in [0.29, 0.717) is 18.1 Å². The number of carbonyl (C=O) groups is 1. The molecule has 0 saturated heterocycles. The van der Waals surface area contributed by atoms with Gasteiger partial charge < -0.3 is 13.9 Å². The van der Waals surface area contributed by atoms with Crippen LogP contribution in [0.5, 0.6) is 5.75 Å². The summed E-state index contributed by atoms with van der Waals surface area (Å²) in [6, 6.07) is 20.8. The summed E-state index contributed by atoms with van der Waals surface area (Å²) in [5, 5.41) is 0. The second-order valence-electron chi connectivity index (χ2n) is 5.66.